The van der Waals surface area contributed by atoms with Gasteiger partial charge in [0, 0.05) is 0 Å². The van der Waals surface area contributed by atoms with Gasteiger partial charge in [-0.25, -0.2) is 0 Å². The Balaban J connectivity index is 0. The van der Waals surface area contributed by atoms with Crippen LogP contribution in [0.5, 0.6) is 0 Å². The molecule has 0 saturated carbocycles. The zero-order valence-electron chi connectivity index (χ0n) is 5.05. The molecule has 3 heteroatoms. The van der Waals surface area contributed by atoms with Crippen LogP contribution in [0.25, 0.3) is 0 Å². The first-order chi connectivity index (χ1) is 3.39. The predicted molar refractivity (Wildman–Crippen MR) is 34.4 cm³/mol. The molecule has 1 heterocycles. The summed E-state index contributed by atoms with van der Waals surface area (Å²) in [5.74, 6) is 0. The van der Waals surface area contributed by atoms with Crippen molar-refractivity contribution < 1.29 is 17.0 Å². The first-order valence-electron chi connectivity index (χ1n) is 2.11. The van der Waals surface area contributed by atoms with Crippen LogP contribution in [0.2, 0.25) is 0 Å². The average Bonchev–Trinajstić information content (AvgIpc) is 1.69. The van der Waals surface area contributed by atoms with Crippen molar-refractivity contribution in [1.82, 2.24) is 4.98 Å². The van der Waals surface area contributed by atoms with Crippen LogP contribution in [0.3, 0.4) is 0 Å². The first-order valence-corrected chi connectivity index (χ1v) is 2.11. The minimum Gasteiger partial charge on any atom is -1.00 e. The second kappa shape index (κ2) is 6.39. The van der Waals surface area contributed by atoms with Crippen molar-refractivity contribution in [3.8, 4) is 0 Å². The summed E-state index contributed by atoms with van der Waals surface area (Å²) >= 11 is 0. The van der Waals surface area contributed by atoms with Crippen molar-refractivity contribution in [3.05, 3.63) is 37.0 Å². The number of hydrogen-bond donors (Lipinski definition) is 0. The summed E-state index contributed by atoms with van der Waals surface area (Å²) in [6, 6.07) is 3.77. The molecule has 0 spiro atoms. The summed E-state index contributed by atoms with van der Waals surface area (Å²) in [6.45, 7) is 3.66. The van der Waals surface area contributed by atoms with E-state index in [2.05, 4.69) is 11.9 Å². The van der Waals surface area contributed by atoms with Crippen LogP contribution in [0.4, 0.5) is 0 Å². The number of halogens is 1. The molecular weight excluding hydrogens is 190 g/mol. The number of hydrogen-bond acceptors (Lipinski definition) is 1. The maximum atomic E-state index is 3.82. The molecule has 44 valence electrons. The van der Waals surface area contributed by atoms with Gasteiger partial charge in [-0.1, -0.05) is 6.20 Å². The first kappa shape index (κ1) is 12.0. The van der Waals surface area contributed by atoms with Crippen LogP contribution in [0.1, 0.15) is 5.56 Å². The molecule has 0 N–H and O–H groups in total. The molecule has 0 aromatic carbocycles. The largest absolute Gasteiger partial charge is 2.00 e. The number of pyridine rings is 1. The summed E-state index contributed by atoms with van der Waals surface area (Å²) < 4.78 is 0. The summed E-state index contributed by atoms with van der Waals surface area (Å²) in [7, 11) is 0. The van der Waals surface area contributed by atoms with Crippen LogP contribution in [-0.4, -0.2) is 28.0 Å². The van der Waals surface area contributed by atoms with Gasteiger partial charge in [-0.3, -0.25) is 0 Å². The molecule has 1 rings (SSSR count). The van der Waals surface area contributed by atoms with Gasteiger partial charge in [0.1, 0.15) is 0 Å². The fraction of sp³-hybridized carbons (Fsp3) is 0. The van der Waals surface area contributed by atoms with Gasteiger partial charge in [0.05, 0.1) is 0 Å². The van der Waals surface area contributed by atoms with Crippen LogP contribution in [0, 0.1) is 6.92 Å². The molecule has 0 saturated heterocycles. The van der Waals surface area contributed by atoms with Crippen molar-refractivity contribution in [3.63, 3.8) is 0 Å². The van der Waals surface area contributed by atoms with Gasteiger partial charge < -0.3 is 22.0 Å². The molecule has 0 atom stereocenters. The van der Waals surface area contributed by atoms with E-state index >= 15 is 0 Å². The van der Waals surface area contributed by atoms with E-state index in [0.29, 0.717) is 0 Å². The van der Waals surface area contributed by atoms with E-state index in [1.807, 2.05) is 12.1 Å². The molecule has 1 aromatic heterocycles. The van der Waals surface area contributed by atoms with Crippen molar-refractivity contribution >= 4 is 23.1 Å². The van der Waals surface area contributed by atoms with E-state index in [9.17, 15) is 0 Å². The Kier molecular flexibility index (Phi) is 8.51. The second-order valence-corrected chi connectivity index (χ2v) is 1.36. The van der Waals surface area contributed by atoms with Crippen LogP contribution < -0.4 is 17.0 Å². The number of nitrogens with zero attached hydrogens (tertiary/aromatic N) is 1. The number of rotatable bonds is 0. The molecule has 1 nitrogen and oxygen atoms in total. The molecule has 0 aliphatic heterocycles. The Hall–Kier alpha value is 0.266. The van der Waals surface area contributed by atoms with Gasteiger partial charge in [0.15, 0.2) is 0 Å². The van der Waals surface area contributed by atoms with E-state index in [4.69, 9.17) is 0 Å². The SMILES string of the molecule is [Br-].[CH2-]c1cccnc1.[Mg+2]. The zero-order valence-corrected chi connectivity index (χ0v) is 8.05. The van der Waals surface area contributed by atoms with Crippen molar-refractivity contribution in [2.45, 2.75) is 0 Å². The summed E-state index contributed by atoms with van der Waals surface area (Å²) in [6.07, 6.45) is 3.45. The predicted octanol–water partition coefficient (Wildman–Crippen LogP) is -2.11. The fourth-order valence-electron chi connectivity index (χ4n) is 0.398. The molecule has 0 radical (unpaired) electrons. The molecule has 0 fully saturated rings. The summed E-state index contributed by atoms with van der Waals surface area (Å²) in [5.41, 5.74) is 0.961. The van der Waals surface area contributed by atoms with E-state index in [-0.39, 0.29) is 40.0 Å². The third kappa shape index (κ3) is 4.75. The third-order valence-corrected chi connectivity index (χ3v) is 0.723. The topological polar surface area (TPSA) is 12.9 Å². The van der Waals surface area contributed by atoms with Crippen molar-refractivity contribution in [2.75, 3.05) is 0 Å². The van der Waals surface area contributed by atoms with Crippen LogP contribution >= 0.6 is 0 Å². The molecule has 9 heavy (non-hydrogen) atoms. The summed E-state index contributed by atoms with van der Waals surface area (Å²) in [4.78, 5) is 3.82. The molecule has 0 unspecified atom stereocenters. The Labute approximate surface area is 81.8 Å². The van der Waals surface area contributed by atoms with Gasteiger partial charge in [-0.15, -0.1) is 6.07 Å². The molecule has 0 bridgehead atoms. The van der Waals surface area contributed by atoms with Gasteiger partial charge in [-0.2, -0.15) is 18.6 Å². The van der Waals surface area contributed by atoms with Gasteiger partial charge in [-0.05, 0) is 6.20 Å². The van der Waals surface area contributed by atoms with Crippen molar-refractivity contribution in [1.29, 1.82) is 0 Å². The van der Waals surface area contributed by atoms with Gasteiger partial charge >= 0.3 is 23.1 Å². The molecular formula is C6H6BrMgN. The smallest absolute Gasteiger partial charge is 1.00 e. The molecule has 0 aliphatic carbocycles. The zero-order chi connectivity index (χ0) is 5.11. The van der Waals surface area contributed by atoms with E-state index in [0.717, 1.165) is 5.56 Å². The Morgan fingerprint density at radius 1 is 1.44 bits per heavy atom. The Morgan fingerprint density at radius 3 is 2.33 bits per heavy atom. The Bertz CT molecular complexity index is 143. The monoisotopic (exact) mass is 195 g/mol. The van der Waals surface area contributed by atoms with Crippen LogP contribution in [0.15, 0.2) is 24.5 Å². The molecule has 0 aliphatic rings. The maximum Gasteiger partial charge on any atom is 2.00 e. The number of aromatic nitrogens is 1. The standard InChI is InChI=1S/C6H6N.BrH.Mg/c1-6-3-2-4-7-5-6;;/h2-5H,1H2;1H;/q-1;;+2/p-1. The maximum absolute atomic E-state index is 3.82. The summed E-state index contributed by atoms with van der Waals surface area (Å²) in [5, 5.41) is 0. The third-order valence-electron chi connectivity index (χ3n) is 0.723. The Morgan fingerprint density at radius 2 is 2.11 bits per heavy atom. The van der Waals surface area contributed by atoms with E-state index in [1.165, 1.54) is 0 Å². The minimum atomic E-state index is 0. The molecule has 0 amide bonds. The second-order valence-electron chi connectivity index (χ2n) is 1.36. The average molecular weight is 196 g/mol. The van der Waals surface area contributed by atoms with Gasteiger partial charge in [0.2, 0.25) is 0 Å². The quantitative estimate of drug-likeness (QED) is 0.342. The molecule has 1 aromatic rings. The normalized spacial score (nSPS) is 6.67. The van der Waals surface area contributed by atoms with Crippen molar-refractivity contribution in [2.24, 2.45) is 0 Å². The van der Waals surface area contributed by atoms with Crippen LogP contribution in [-0.2, 0) is 0 Å². The van der Waals surface area contributed by atoms with E-state index < -0.39 is 0 Å². The minimum absolute atomic E-state index is 0. The fourth-order valence-corrected chi connectivity index (χ4v) is 0.398. The van der Waals surface area contributed by atoms with Gasteiger partial charge in [0.25, 0.3) is 0 Å². The van der Waals surface area contributed by atoms with E-state index in [1.54, 1.807) is 12.4 Å².